The summed E-state index contributed by atoms with van der Waals surface area (Å²) in [6.07, 6.45) is 0. The van der Waals surface area contributed by atoms with Gasteiger partial charge in [-0.15, -0.1) is 0 Å². The summed E-state index contributed by atoms with van der Waals surface area (Å²) in [6, 6.07) is 44.5. The maximum atomic E-state index is 6.50. The van der Waals surface area contributed by atoms with Gasteiger partial charge in [0.25, 0.3) is 0 Å². The highest BCUT2D eigenvalue weighted by molar-refractivity contribution is 6.38. The molecule has 12 rings (SSSR count). The van der Waals surface area contributed by atoms with E-state index >= 15 is 0 Å². The molecule has 0 spiro atoms. The van der Waals surface area contributed by atoms with Crippen molar-refractivity contribution in [3.05, 3.63) is 127 Å². The minimum absolute atomic E-state index is 0.781. The summed E-state index contributed by atoms with van der Waals surface area (Å²) in [4.78, 5) is 10.7. The molecule has 47 heavy (non-hydrogen) atoms. The molecule has 0 unspecified atom stereocenters. The highest BCUT2D eigenvalue weighted by Crippen LogP contribution is 2.51. The highest BCUT2D eigenvalue weighted by Gasteiger charge is 2.28. The van der Waals surface area contributed by atoms with Crippen LogP contribution in [0.3, 0.4) is 0 Å². The van der Waals surface area contributed by atoms with E-state index in [-0.39, 0.29) is 0 Å². The van der Waals surface area contributed by atoms with Crippen molar-refractivity contribution in [2.75, 3.05) is 0 Å². The topological polar surface area (TPSA) is 57.0 Å². The summed E-state index contributed by atoms with van der Waals surface area (Å²) >= 11 is 0. The third-order valence-electron chi connectivity index (χ3n) is 10.1. The Morgan fingerprint density at radius 1 is 0.447 bits per heavy atom. The molecular weight excluding hydrogens is 578 g/mol. The van der Waals surface area contributed by atoms with Gasteiger partial charge < -0.3 is 8.83 Å². The van der Waals surface area contributed by atoms with Gasteiger partial charge in [0.2, 0.25) is 0 Å². The summed E-state index contributed by atoms with van der Waals surface area (Å²) in [7, 11) is 0. The van der Waals surface area contributed by atoms with Crippen molar-refractivity contribution in [1.82, 2.24) is 14.5 Å². The Morgan fingerprint density at radius 3 is 2.04 bits per heavy atom. The van der Waals surface area contributed by atoms with Gasteiger partial charge in [-0.2, -0.15) is 0 Å². The predicted octanol–water partition coefficient (Wildman–Crippen LogP) is 11.3. The first-order valence-electron chi connectivity index (χ1n) is 15.8. The van der Waals surface area contributed by atoms with Crippen molar-refractivity contribution in [1.29, 1.82) is 0 Å². The van der Waals surface area contributed by atoms with Crippen molar-refractivity contribution < 1.29 is 8.83 Å². The number of para-hydroxylation sites is 3. The lowest BCUT2D eigenvalue weighted by Gasteiger charge is -2.14. The average molecular weight is 600 g/mol. The van der Waals surface area contributed by atoms with Crippen LogP contribution in [0.1, 0.15) is 0 Å². The van der Waals surface area contributed by atoms with Gasteiger partial charge in [-0.25, -0.2) is 9.97 Å². The largest absolute Gasteiger partial charge is 0.456 e. The number of hydrogen-bond acceptors (Lipinski definition) is 4. The van der Waals surface area contributed by atoms with Crippen LogP contribution in [-0.2, 0) is 0 Å². The Kier molecular flexibility index (Phi) is 4.17. The highest BCUT2D eigenvalue weighted by atomic mass is 16.3. The van der Waals surface area contributed by atoms with Crippen molar-refractivity contribution in [2.45, 2.75) is 0 Å². The molecule has 5 nitrogen and oxygen atoms in total. The van der Waals surface area contributed by atoms with Crippen LogP contribution in [0, 0.1) is 0 Å². The third kappa shape index (κ3) is 2.90. The molecule has 0 aliphatic heterocycles. The molecule has 0 N–H and O–H groups in total. The zero-order valence-corrected chi connectivity index (χ0v) is 24.8. The first kappa shape index (κ1) is 23.9. The SMILES string of the molecule is c1cc2c3c(c1)ccc1c3c3c4c(ccc3n1-c1nc3ccccc3nc1-c1ccc3c(c1)oc1ccccc13)oc1cccc-2c14. The maximum absolute atomic E-state index is 6.50. The van der Waals surface area contributed by atoms with E-state index in [1.807, 2.05) is 42.5 Å². The summed E-state index contributed by atoms with van der Waals surface area (Å²) in [6.45, 7) is 0. The van der Waals surface area contributed by atoms with Crippen molar-refractivity contribution >= 4 is 87.5 Å². The molecule has 7 aromatic carbocycles. The number of furan rings is 2. The molecule has 0 saturated carbocycles. The molecule has 5 heteroatoms. The Balaban J connectivity index is 1.28. The Morgan fingerprint density at radius 2 is 1.13 bits per heavy atom. The van der Waals surface area contributed by atoms with Gasteiger partial charge in [-0.3, -0.25) is 4.57 Å². The summed E-state index contributed by atoms with van der Waals surface area (Å²) < 4.78 is 15.2. The molecule has 0 atom stereocenters. The second-order valence-electron chi connectivity index (χ2n) is 12.5. The number of benzene rings is 7. The van der Waals surface area contributed by atoms with Gasteiger partial charge in [0.15, 0.2) is 5.82 Å². The van der Waals surface area contributed by atoms with Gasteiger partial charge >= 0.3 is 0 Å². The van der Waals surface area contributed by atoms with E-state index < -0.39 is 0 Å². The van der Waals surface area contributed by atoms with Crippen LogP contribution in [0.4, 0.5) is 0 Å². The molecule has 0 fully saturated rings. The monoisotopic (exact) mass is 599 g/mol. The van der Waals surface area contributed by atoms with Gasteiger partial charge in [0, 0.05) is 37.9 Å². The third-order valence-corrected chi connectivity index (χ3v) is 10.1. The van der Waals surface area contributed by atoms with Crippen LogP contribution < -0.4 is 0 Å². The second kappa shape index (κ2) is 8.22. The van der Waals surface area contributed by atoms with Gasteiger partial charge in [-0.1, -0.05) is 72.8 Å². The zero-order chi connectivity index (χ0) is 30.4. The molecule has 1 aliphatic rings. The predicted molar refractivity (Wildman–Crippen MR) is 190 cm³/mol. The quantitative estimate of drug-likeness (QED) is 0.198. The number of aromatic nitrogens is 3. The Hall–Kier alpha value is -6.46. The van der Waals surface area contributed by atoms with E-state index in [1.165, 1.54) is 32.7 Å². The van der Waals surface area contributed by atoms with E-state index in [1.54, 1.807) is 0 Å². The standard InChI is InChI=1S/C42H21N3O2/c1-4-13-32-24(8-1)25-17-15-23(21-35(25)46-32)41-42(44-29-12-3-2-11-28(29)43-41)45-30-18-16-22-7-5-9-26-27-10-6-14-33-37(27)40-34(47-33)20-19-31(45)39(40)38(30)36(22)26/h1-21H. The van der Waals surface area contributed by atoms with E-state index in [9.17, 15) is 0 Å². The first-order valence-corrected chi connectivity index (χ1v) is 15.8. The van der Waals surface area contributed by atoms with Gasteiger partial charge in [0.1, 0.15) is 28.0 Å². The van der Waals surface area contributed by atoms with Crippen molar-refractivity contribution in [3.8, 4) is 28.2 Å². The van der Waals surface area contributed by atoms with Gasteiger partial charge in [-0.05, 0) is 76.5 Å². The maximum Gasteiger partial charge on any atom is 0.165 e. The number of rotatable bonds is 2. The normalized spacial score (nSPS) is 12.7. The van der Waals surface area contributed by atoms with Crippen LogP contribution in [0.25, 0.3) is 116 Å². The van der Waals surface area contributed by atoms with E-state index in [2.05, 4.69) is 89.5 Å². The van der Waals surface area contributed by atoms with Crippen LogP contribution >= 0.6 is 0 Å². The van der Waals surface area contributed by atoms with Crippen LogP contribution in [-0.4, -0.2) is 14.5 Å². The van der Waals surface area contributed by atoms with Crippen LogP contribution in [0.2, 0.25) is 0 Å². The van der Waals surface area contributed by atoms with Crippen LogP contribution in [0.15, 0.2) is 136 Å². The summed E-state index contributed by atoms with van der Waals surface area (Å²) in [5, 5.41) is 9.38. The fraction of sp³-hybridized carbons (Fsp3) is 0. The van der Waals surface area contributed by atoms with Crippen molar-refractivity contribution in [2.24, 2.45) is 0 Å². The lowest BCUT2D eigenvalue weighted by atomic mass is 9.95. The molecule has 11 aromatic rings. The first-order chi connectivity index (χ1) is 23.3. The summed E-state index contributed by atoms with van der Waals surface area (Å²) in [5.41, 5.74) is 11.5. The van der Waals surface area contributed by atoms with Crippen molar-refractivity contribution in [3.63, 3.8) is 0 Å². The molecule has 1 aliphatic carbocycles. The molecule has 0 amide bonds. The molecule has 0 bridgehead atoms. The Bertz CT molecular complexity index is 3200. The zero-order valence-electron chi connectivity index (χ0n) is 24.8. The number of nitrogens with zero attached hydrogens (tertiary/aromatic N) is 3. The molecule has 4 heterocycles. The molecular formula is C42H21N3O2. The smallest absolute Gasteiger partial charge is 0.165 e. The van der Waals surface area contributed by atoms with Gasteiger partial charge in [0.05, 0.1) is 22.1 Å². The average Bonchev–Trinajstić information content (AvgIpc) is 3.76. The second-order valence-corrected chi connectivity index (χ2v) is 12.5. The van der Waals surface area contributed by atoms with Crippen LogP contribution in [0.5, 0.6) is 0 Å². The van der Waals surface area contributed by atoms with E-state index in [0.717, 1.165) is 83.0 Å². The molecule has 216 valence electrons. The lowest BCUT2D eigenvalue weighted by Crippen LogP contribution is -2.03. The molecule has 4 aromatic heterocycles. The summed E-state index contributed by atoms with van der Waals surface area (Å²) in [5.74, 6) is 0.781. The Labute approximate surface area is 265 Å². The molecule has 0 saturated heterocycles. The fourth-order valence-electron chi connectivity index (χ4n) is 8.17. The lowest BCUT2D eigenvalue weighted by molar-refractivity contribution is 0.668. The molecule has 0 radical (unpaired) electrons. The fourth-order valence-corrected chi connectivity index (χ4v) is 8.17. The van der Waals surface area contributed by atoms with E-state index in [4.69, 9.17) is 18.8 Å². The van der Waals surface area contributed by atoms with E-state index in [0.29, 0.717) is 0 Å². The minimum atomic E-state index is 0.781. The number of hydrogen-bond donors (Lipinski definition) is 0. The number of fused-ring (bicyclic) bond motifs is 5. The minimum Gasteiger partial charge on any atom is -0.456 e.